The Kier molecular flexibility index (Phi) is 5.33. The van der Waals surface area contributed by atoms with Gasteiger partial charge in [-0.25, -0.2) is 0 Å². The van der Waals surface area contributed by atoms with Crippen molar-refractivity contribution in [3.63, 3.8) is 0 Å². The van der Waals surface area contributed by atoms with Crippen molar-refractivity contribution in [2.24, 2.45) is 0 Å². The molecule has 0 aliphatic rings. The van der Waals surface area contributed by atoms with Crippen LogP contribution in [-0.2, 0) is 0 Å². The van der Waals surface area contributed by atoms with Crippen molar-refractivity contribution >= 4 is 23.2 Å². The highest BCUT2D eigenvalue weighted by Gasteiger charge is 2.14. The van der Waals surface area contributed by atoms with Crippen LogP contribution < -0.4 is 5.32 Å². The first-order chi connectivity index (χ1) is 7.56. The fraction of sp³-hybridized carbons (Fsp3) is 0.385. The predicted octanol–water partition coefficient (Wildman–Crippen LogP) is 4.61. The molecule has 1 N–H and O–H groups in total. The molecule has 1 unspecified atom stereocenters. The summed E-state index contributed by atoms with van der Waals surface area (Å²) in [6.45, 7) is 5.94. The molecular weight excluding hydrogens is 241 g/mol. The van der Waals surface area contributed by atoms with Crippen LogP contribution >= 0.6 is 23.2 Å². The lowest BCUT2D eigenvalue weighted by Gasteiger charge is -2.18. The van der Waals surface area contributed by atoms with Gasteiger partial charge >= 0.3 is 0 Å². The molecule has 0 radical (unpaired) electrons. The second-order valence-electron chi connectivity index (χ2n) is 3.98. The van der Waals surface area contributed by atoms with Gasteiger partial charge in [-0.05, 0) is 38.4 Å². The summed E-state index contributed by atoms with van der Waals surface area (Å²) in [6, 6.07) is 5.96. The lowest BCUT2D eigenvalue weighted by Crippen LogP contribution is -2.16. The number of hydrogen-bond acceptors (Lipinski definition) is 1. The predicted molar refractivity (Wildman–Crippen MR) is 72.3 cm³/mol. The summed E-state index contributed by atoms with van der Waals surface area (Å²) in [5.74, 6) is 0. The maximum absolute atomic E-state index is 6.19. The molecule has 0 saturated carbocycles. The number of halogens is 2. The molecular formula is C13H17Cl2N. The van der Waals surface area contributed by atoms with E-state index < -0.39 is 0 Å². The van der Waals surface area contributed by atoms with Crippen LogP contribution in [0.3, 0.4) is 0 Å². The maximum Gasteiger partial charge on any atom is 0.0640 e. The number of rotatable bonds is 5. The number of benzene rings is 1. The summed E-state index contributed by atoms with van der Waals surface area (Å²) in [4.78, 5) is 0. The maximum atomic E-state index is 6.19. The highest BCUT2D eigenvalue weighted by molar-refractivity contribution is 6.42. The van der Waals surface area contributed by atoms with Crippen LogP contribution in [0.15, 0.2) is 30.4 Å². The van der Waals surface area contributed by atoms with E-state index in [1.54, 1.807) is 6.07 Å². The van der Waals surface area contributed by atoms with Gasteiger partial charge < -0.3 is 5.32 Å². The van der Waals surface area contributed by atoms with E-state index >= 15 is 0 Å². The fourth-order valence-electron chi connectivity index (χ4n) is 1.64. The Labute approximate surface area is 107 Å². The van der Waals surface area contributed by atoms with E-state index in [1.807, 2.05) is 26.1 Å². The normalized spacial score (nSPS) is 12.5. The molecule has 1 nitrogen and oxygen atoms in total. The van der Waals surface area contributed by atoms with Gasteiger partial charge in [0.2, 0.25) is 0 Å². The van der Waals surface area contributed by atoms with Crippen LogP contribution in [0.2, 0.25) is 10.0 Å². The Balaban J connectivity index is 2.86. The summed E-state index contributed by atoms with van der Waals surface area (Å²) in [5.41, 5.74) is 2.23. The van der Waals surface area contributed by atoms with E-state index in [-0.39, 0.29) is 6.04 Å². The summed E-state index contributed by atoms with van der Waals surface area (Å²) in [5, 5.41) is 4.51. The first-order valence-electron chi connectivity index (χ1n) is 5.31. The van der Waals surface area contributed by atoms with Crippen molar-refractivity contribution in [3.8, 4) is 0 Å². The zero-order valence-corrected chi connectivity index (χ0v) is 11.2. The Morgan fingerprint density at radius 1 is 1.44 bits per heavy atom. The molecule has 1 atom stereocenters. The largest absolute Gasteiger partial charge is 0.313 e. The standard InChI is InChI=1S/C13H17Cl2N/c1-9(2)7-8-12(16-3)10-5-4-6-11(14)13(10)15/h4-6,12,16H,1,7-8H2,2-3H3. The summed E-state index contributed by atoms with van der Waals surface area (Å²) in [7, 11) is 1.93. The zero-order chi connectivity index (χ0) is 12.1. The fourth-order valence-corrected chi connectivity index (χ4v) is 2.08. The molecule has 0 spiro atoms. The molecule has 0 bridgehead atoms. The van der Waals surface area contributed by atoms with Gasteiger partial charge in [0.25, 0.3) is 0 Å². The molecule has 0 aromatic heterocycles. The summed E-state index contributed by atoms with van der Waals surface area (Å²) < 4.78 is 0. The average molecular weight is 258 g/mol. The van der Waals surface area contributed by atoms with Crippen LogP contribution in [0.4, 0.5) is 0 Å². The molecule has 16 heavy (non-hydrogen) atoms. The van der Waals surface area contributed by atoms with Gasteiger partial charge in [0.15, 0.2) is 0 Å². The van der Waals surface area contributed by atoms with Gasteiger partial charge in [0.05, 0.1) is 10.0 Å². The van der Waals surface area contributed by atoms with Crippen molar-refractivity contribution in [1.82, 2.24) is 5.32 Å². The van der Waals surface area contributed by atoms with Crippen LogP contribution in [0.25, 0.3) is 0 Å². The lowest BCUT2D eigenvalue weighted by atomic mass is 10.00. The quantitative estimate of drug-likeness (QED) is 0.760. The second kappa shape index (κ2) is 6.29. The molecule has 0 saturated heterocycles. The number of hydrogen-bond donors (Lipinski definition) is 1. The third-order valence-electron chi connectivity index (χ3n) is 2.57. The molecule has 3 heteroatoms. The van der Waals surface area contributed by atoms with Crippen molar-refractivity contribution in [2.45, 2.75) is 25.8 Å². The first-order valence-corrected chi connectivity index (χ1v) is 6.07. The third kappa shape index (κ3) is 3.51. The smallest absolute Gasteiger partial charge is 0.0640 e. The van der Waals surface area contributed by atoms with E-state index in [0.717, 1.165) is 18.4 Å². The van der Waals surface area contributed by atoms with Gasteiger partial charge in [-0.1, -0.05) is 40.9 Å². The van der Waals surface area contributed by atoms with Crippen molar-refractivity contribution < 1.29 is 0 Å². The van der Waals surface area contributed by atoms with E-state index in [9.17, 15) is 0 Å². The highest BCUT2D eigenvalue weighted by Crippen LogP contribution is 2.32. The Morgan fingerprint density at radius 3 is 2.69 bits per heavy atom. The number of nitrogens with one attached hydrogen (secondary N) is 1. The van der Waals surface area contributed by atoms with E-state index in [0.29, 0.717) is 10.0 Å². The molecule has 1 aromatic rings. The Bertz CT molecular complexity index is 374. The van der Waals surface area contributed by atoms with Crippen LogP contribution in [0, 0.1) is 0 Å². The molecule has 88 valence electrons. The molecule has 1 aromatic carbocycles. The molecule has 0 amide bonds. The van der Waals surface area contributed by atoms with Crippen molar-refractivity contribution in [2.75, 3.05) is 7.05 Å². The lowest BCUT2D eigenvalue weighted by molar-refractivity contribution is 0.548. The highest BCUT2D eigenvalue weighted by atomic mass is 35.5. The van der Waals surface area contributed by atoms with Crippen LogP contribution in [-0.4, -0.2) is 7.05 Å². The van der Waals surface area contributed by atoms with Crippen molar-refractivity contribution in [3.05, 3.63) is 46.0 Å². The third-order valence-corrected chi connectivity index (χ3v) is 3.40. The van der Waals surface area contributed by atoms with E-state index in [4.69, 9.17) is 23.2 Å². The second-order valence-corrected chi connectivity index (χ2v) is 4.77. The zero-order valence-electron chi connectivity index (χ0n) is 9.69. The summed E-state index contributed by atoms with van der Waals surface area (Å²) >= 11 is 12.2. The topological polar surface area (TPSA) is 12.0 Å². The average Bonchev–Trinajstić information content (AvgIpc) is 2.24. The van der Waals surface area contributed by atoms with Gasteiger partial charge in [-0.3, -0.25) is 0 Å². The van der Waals surface area contributed by atoms with Gasteiger partial charge in [0, 0.05) is 6.04 Å². The Morgan fingerprint density at radius 2 is 2.12 bits per heavy atom. The Hall–Kier alpha value is -0.500. The number of allylic oxidation sites excluding steroid dienone is 1. The molecule has 1 rings (SSSR count). The van der Waals surface area contributed by atoms with Gasteiger partial charge in [0.1, 0.15) is 0 Å². The molecule has 0 heterocycles. The van der Waals surface area contributed by atoms with Gasteiger partial charge in [-0.2, -0.15) is 0 Å². The van der Waals surface area contributed by atoms with E-state index in [1.165, 1.54) is 5.57 Å². The molecule has 0 aliphatic carbocycles. The molecule has 0 fully saturated rings. The van der Waals surface area contributed by atoms with Crippen LogP contribution in [0.1, 0.15) is 31.4 Å². The van der Waals surface area contributed by atoms with Crippen molar-refractivity contribution in [1.29, 1.82) is 0 Å². The minimum Gasteiger partial charge on any atom is -0.313 e. The van der Waals surface area contributed by atoms with Crippen LogP contribution in [0.5, 0.6) is 0 Å². The monoisotopic (exact) mass is 257 g/mol. The molecule has 0 aliphatic heterocycles. The minimum absolute atomic E-state index is 0.225. The minimum atomic E-state index is 0.225. The summed E-state index contributed by atoms with van der Waals surface area (Å²) in [6.07, 6.45) is 1.96. The SMILES string of the molecule is C=C(C)CCC(NC)c1cccc(Cl)c1Cl. The first kappa shape index (κ1) is 13.6. The van der Waals surface area contributed by atoms with E-state index in [2.05, 4.69) is 11.9 Å². The van der Waals surface area contributed by atoms with Gasteiger partial charge in [-0.15, -0.1) is 6.58 Å².